The van der Waals surface area contributed by atoms with Crippen molar-refractivity contribution in [1.29, 1.82) is 0 Å². The summed E-state index contributed by atoms with van der Waals surface area (Å²) in [7, 11) is -2.77. The molecule has 0 aliphatic carbocycles. The molecule has 3 aromatic carbocycles. The predicted octanol–water partition coefficient (Wildman–Crippen LogP) is 4.76. The molecule has 49 heavy (non-hydrogen) atoms. The van der Waals surface area contributed by atoms with E-state index in [0.29, 0.717) is 39.0 Å². The number of nitrogens with zero attached hydrogens (tertiary/aromatic N) is 2. The molecule has 0 bridgehead atoms. The monoisotopic (exact) mass is 687 g/mol. The number of hydrogen-bond acceptors (Lipinski definition) is 8. The predicted molar refractivity (Wildman–Crippen MR) is 192 cm³/mol. The van der Waals surface area contributed by atoms with E-state index in [-0.39, 0.29) is 36.5 Å². The minimum atomic E-state index is -2.77. The lowest BCUT2D eigenvalue weighted by Crippen LogP contribution is -2.49. The molecule has 0 radical (unpaired) electrons. The third-order valence-corrected chi connectivity index (χ3v) is 12.9. The van der Waals surface area contributed by atoms with Gasteiger partial charge in [0.25, 0.3) is 5.91 Å². The third kappa shape index (κ3) is 6.44. The first kappa shape index (κ1) is 35.3. The zero-order valence-electron chi connectivity index (χ0n) is 28.9. The molecular formula is C38H49N3O7Si. The van der Waals surface area contributed by atoms with E-state index in [2.05, 4.69) is 5.32 Å². The topological polar surface area (TPSA) is 132 Å². The van der Waals surface area contributed by atoms with Gasteiger partial charge in [-0.2, -0.15) is 0 Å². The molecule has 1 unspecified atom stereocenters. The van der Waals surface area contributed by atoms with E-state index < -0.39 is 26.1 Å². The van der Waals surface area contributed by atoms with E-state index >= 15 is 0 Å². The minimum Gasteiger partial charge on any atom is -0.494 e. The molecule has 4 N–H and O–H groups in total. The summed E-state index contributed by atoms with van der Waals surface area (Å²) in [5.74, 6) is 0.274. The Morgan fingerprint density at radius 1 is 1.00 bits per heavy atom. The number of amides is 2. The normalized spacial score (nSPS) is 24.9. The molecule has 3 aliphatic rings. The number of hydrogen-bond donors (Lipinski definition) is 4. The number of aliphatic hydroxyl groups excluding tert-OH is 2. The van der Waals surface area contributed by atoms with Crippen molar-refractivity contribution < 1.29 is 34.1 Å². The average Bonchev–Trinajstić information content (AvgIpc) is 3.50. The van der Waals surface area contributed by atoms with Crippen molar-refractivity contribution in [3.8, 4) is 5.75 Å². The molecular weight excluding hydrogens is 639 g/mol. The second-order valence-electron chi connectivity index (χ2n) is 14.0. The Morgan fingerprint density at radius 2 is 1.76 bits per heavy atom. The lowest BCUT2D eigenvalue weighted by Gasteiger charge is -2.35. The lowest BCUT2D eigenvalue weighted by atomic mass is 9.82. The maximum atomic E-state index is 14.5. The zero-order chi connectivity index (χ0) is 34.9. The summed E-state index contributed by atoms with van der Waals surface area (Å²) in [6, 6.07) is 20.9. The summed E-state index contributed by atoms with van der Waals surface area (Å²) in [6.45, 7) is 9.22. The van der Waals surface area contributed by atoms with Crippen LogP contribution in [0.25, 0.3) is 0 Å². The molecule has 3 aromatic rings. The molecule has 6 rings (SSSR count). The minimum absolute atomic E-state index is 0.0475. The van der Waals surface area contributed by atoms with Crippen LogP contribution in [0.5, 0.6) is 5.75 Å². The highest BCUT2D eigenvalue weighted by atomic mass is 28.4. The number of ether oxygens (including phenoxy) is 2. The van der Waals surface area contributed by atoms with Gasteiger partial charge in [-0.05, 0) is 99.8 Å². The van der Waals surface area contributed by atoms with E-state index in [1.165, 1.54) is 0 Å². The van der Waals surface area contributed by atoms with Crippen LogP contribution in [0.15, 0.2) is 66.7 Å². The number of rotatable bonds is 13. The highest BCUT2D eigenvalue weighted by Crippen LogP contribution is 2.59. The Hall–Kier alpha value is -3.58. The van der Waals surface area contributed by atoms with Crippen LogP contribution in [0.1, 0.15) is 49.8 Å². The number of carbonyl (C=O) groups is 2. The van der Waals surface area contributed by atoms with Gasteiger partial charge in [0.15, 0.2) is 13.9 Å². The quantitative estimate of drug-likeness (QED) is 0.150. The number of aliphatic hydroxyl groups is 2. The number of benzene rings is 3. The van der Waals surface area contributed by atoms with Gasteiger partial charge in [-0.25, -0.2) is 0 Å². The number of unbranched alkanes of at least 4 members (excludes halogenated alkanes) is 1. The van der Waals surface area contributed by atoms with Gasteiger partial charge < -0.3 is 34.7 Å². The van der Waals surface area contributed by atoms with Crippen molar-refractivity contribution >= 4 is 37.2 Å². The summed E-state index contributed by atoms with van der Waals surface area (Å²) in [5, 5.41) is 22.4. The van der Waals surface area contributed by atoms with Crippen molar-refractivity contribution in [2.45, 2.75) is 82.5 Å². The summed E-state index contributed by atoms with van der Waals surface area (Å²) in [5.41, 5.74) is 3.56. The molecule has 2 amide bonds. The first-order valence-electron chi connectivity index (χ1n) is 17.5. The Bertz CT molecular complexity index is 1660. The standard InChI is InChI=1S/C38H49N3O7Si/c1-5-47-29-16-17-32-27(22-29)23-31(39-19-8-9-20-42)36(44)41(32)28-14-12-26(13-15-28)24-40-33-11-7-6-10-30(33)38(37(40)45)25(2)35(49(3,4)46)34(48-38)18-21-43/h6-7,10-17,22,25,31,34-35,39,42-43,46H,5,8-9,18-21,23-24H2,1-4H3/t25-,31?,34+,35-,38+/m1/s1. The maximum Gasteiger partial charge on any atom is 0.264 e. The zero-order valence-corrected chi connectivity index (χ0v) is 29.9. The second kappa shape index (κ2) is 14.3. The number of anilines is 3. The molecule has 1 fully saturated rings. The highest BCUT2D eigenvalue weighted by molar-refractivity contribution is 6.71. The number of fused-ring (bicyclic) bond motifs is 3. The van der Waals surface area contributed by atoms with Gasteiger partial charge in [-0.3, -0.25) is 14.5 Å². The van der Waals surface area contributed by atoms with Gasteiger partial charge in [0.2, 0.25) is 5.91 Å². The van der Waals surface area contributed by atoms with Crippen LogP contribution in [0.2, 0.25) is 18.6 Å². The number of para-hydroxylation sites is 1. The van der Waals surface area contributed by atoms with Gasteiger partial charge in [0.1, 0.15) is 5.75 Å². The van der Waals surface area contributed by atoms with E-state index in [1.54, 1.807) is 9.80 Å². The van der Waals surface area contributed by atoms with E-state index in [9.17, 15) is 24.6 Å². The molecule has 3 heterocycles. The molecule has 1 saturated heterocycles. The highest BCUT2D eigenvalue weighted by Gasteiger charge is 2.66. The van der Waals surface area contributed by atoms with Crippen LogP contribution in [0, 0.1) is 5.92 Å². The molecule has 0 saturated carbocycles. The van der Waals surface area contributed by atoms with Crippen molar-refractivity contribution in [3.63, 3.8) is 0 Å². The Kier molecular flexibility index (Phi) is 10.3. The maximum absolute atomic E-state index is 14.5. The van der Waals surface area contributed by atoms with Gasteiger partial charge in [0, 0.05) is 35.9 Å². The van der Waals surface area contributed by atoms with Crippen LogP contribution in [0.3, 0.4) is 0 Å². The molecule has 3 aliphatic heterocycles. The Labute approximate surface area is 289 Å². The Balaban J connectivity index is 1.28. The summed E-state index contributed by atoms with van der Waals surface area (Å²) in [6.07, 6.45) is 1.91. The van der Waals surface area contributed by atoms with E-state index in [1.807, 2.05) is 93.7 Å². The fourth-order valence-electron chi connectivity index (χ4n) is 8.24. The van der Waals surface area contributed by atoms with Crippen molar-refractivity contribution in [2.75, 3.05) is 36.2 Å². The number of nitrogens with one attached hydrogen (secondary N) is 1. The van der Waals surface area contributed by atoms with Gasteiger partial charge in [-0.1, -0.05) is 37.3 Å². The second-order valence-corrected chi connectivity index (χ2v) is 18.0. The first-order valence-corrected chi connectivity index (χ1v) is 20.5. The number of carbonyl (C=O) groups excluding carboxylic acids is 2. The molecule has 10 nitrogen and oxygen atoms in total. The largest absolute Gasteiger partial charge is 0.494 e. The van der Waals surface area contributed by atoms with Crippen LogP contribution in [0.4, 0.5) is 17.1 Å². The fraction of sp³-hybridized carbons (Fsp3) is 0.474. The smallest absolute Gasteiger partial charge is 0.264 e. The molecule has 262 valence electrons. The molecule has 0 aromatic heterocycles. The van der Waals surface area contributed by atoms with Gasteiger partial charge in [0.05, 0.1) is 36.7 Å². The fourth-order valence-corrected chi connectivity index (χ4v) is 10.8. The van der Waals surface area contributed by atoms with Crippen LogP contribution in [-0.2, 0) is 32.9 Å². The SMILES string of the molecule is CCOc1ccc2c(c1)CC(NCCCCO)C(=O)N2c1ccc(CN2C(=O)[C@@]3(O[C@@H](CCO)[C@H]([Si](C)(C)O)[C@H]3C)c3ccccc32)cc1. The van der Waals surface area contributed by atoms with E-state index in [0.717, 1.165) is 45.9 Å². The van der Waals surface area contributed by atoms with Crippen LogP contribution < -0.4 is 19.9 Å². The van der Waals surface area contributed by atoms with Crippen molar-refractivity contribution in [3.05, 3.63) is 83.4 Å². The summed E-state index contributed by atoms with van der Waals surface area (Å²) in [4.78, 5) is 43.3. The van der Waals surface area contributed by atoms with Crippen molar-refractivity contribution in [2.24, 2.45) is 5.92 Å². The molecule has 1 spiro atoms. The molecule has 11 heteroatoms. The Morgan fingerprint density at radius 3 is 2.45 bits per heavy atom. The first-order chi connectivity index (χ1) is 23.5. The summed E-state index contributed by atoms with van der Waals surface area (Å²) < 4.78 is 12.4. The van der Waals surface area contributed by atoms with Crippen LogP contribution in [-0.4, -0.2) is 73.7 Å². The van der Waals surface area contributed by atoms with Crippen LogP contribution >= 0.6 is 0 Å². The van der Waals surface area contributed by atoms with Gasteiger partial charge in [-0.15, -0.1) is 0 Å². The molecule has 5 atom stereocenters. The van der Waals surface area contributed by atoms with E-state index in [4.69, 9.17) is 9.47 Å². The lowest BCUT2D eigenvalue weighted by molar-refractivity contribution is -0.146. The van der Waals surface area contributed by atoms with Gasteiger partial charge >= 0.3 is 0 Å². The summed E-state index contributed by atoms with van der Waals surface area (Å²) >= 11 is 0. The third-order valence-electron chi connectivity index (χ3n) is 10.4. The average molecular weight is 688 g/mol. The van der Waals surface area contributed by atoms with Crippen molar-refractivity contribution in [1.82, 2.24) is 5.32 Å².